The lowest BCUT2D eigenvalue weighted by molar-refractivity contribution is 0.601. The summed E-state index contributed by atoms with van der Waals surface area (Å²) in [7, 11) is -3.21. The van der Waals surface area contributed by atoms with E-state index in [0.717, 1.165) is 6.26 Å². The van der Waals surface area contributed by atoms with Crippen LogP contribution < -0.4 is 0 Å². The van der Waals surface area contributed by atoms with E-state index in [1.807, 2.05) is 0 Å². The predicted octanol–water partition coefficient (Wildman–Crippen LogP) is 1.88. The molecule has 0 spiro atoms. The number of benzene rings is 1. The maximum atomic E-state index is 11.2. The number of fused-ring (bicyclic) bond motifs is 1. The predicted molar refractivity (Wildman–Crippen MR) is 52.1 cm³/mol. The summed E-state index contributed by atoms with van der Waals surface area (Å²) in [5.41, 5.74) is 0.917. The second kappa shape index (κ2) is 2.96. The van der Waals surface area contributed by atoms with E-state index in [0.29, 0.717) is 11.1 Å². The zero-order chi connectivity index (χ0) is 10.3. The van der Waals surface area contributed by atoms with Crippen molar-refractivity contribution < 1.29 is 12.8 Å². The van der Waals surface area contributed by atoms with Crippen LogP contribution in [0, 0.1) is 0 Å². The summed E-state index contributed by atoms with van der Waals surface area (Å²) >= 11 is 5.52. The molecule has 0 amide bonds. The highest BCUT2D eigenvalue weighted by molar-refractivity contribution is 7.90. The van der Waals surface area contributed by atoms with E-state index in [2.05, 4.69) is 4.98 Å². The number of rotatable bonds is 1. The summed E-state index contributed by atoms with van der Waals surface area (Å²) in [6.07, 6.45) is 1.13. The molecule has 2 aromatic rings. The Balaban J connectivity index is 2.74. The van der Waals surface area contributed by atoms with Gasteiger partial charge < -0.3 is 4.42 Å². The monoisotopic (exact) mass is 231 g/mol. The maximum absolute atomic E-state index is 11.2. The Bertz CT molecular complexity index is 588. The number of oxazole rings is 1. The van der Waals surface area contributed by atoms with Crippen molar-refractivity contribution in [2.24, 2.45) is 0 Å². The largest absolute Gasteiger partial charge is 0.428 e. The van der Waals surface area contributed by atoms with Crippen LogP contribution in [0.4, 0.5) is 0 Å². The number of halogens is 1. The molecule has 0 unspecified atom stereocenters. The third-order valence-electron chi connectivity index (χ3n) is 1.76. The molecule has 0 atom stereocenters. The van der Waals surface area contributed by atoms with Crippen molar-refractivity contribution in [3.63, 3.8) is 0 Å². The standard InChI is InChI=1S/C8H6ClNO3S/c1-14(11,12)5-2-3-7-6(4-5)10-8(9)13-7/h2-4H,1H3. The van der Waals surface area contributed by atoms with E-state index in [1.54, 1.807) is 0 Å². The van der Waals surface area contributed by atoms with Gasteiger partial charge in [-0.1, -0.05) is 0 Å². The first kappa shape index (κ1) is 9.48. The van der Waals surface area contributed by atoms with Gasteiger partial charge in [0.1, 0.15) is 5.52 Å². The molecule has 0 aliphatic carbocycles. The van der Waals surface area contributed by atoms with Crippen LogP contribution in [0.25, 0.3) is 11.1 Å². The summed E-state index contributed by atoms with van der Waals surface area (Å²) in [4.78, 5) is 4.03. The highest BCUT2D eigenvalue weighted by Gasteiger charge is 2.10. The minimum atomic E-state index is -3.21. The van der Waals surface area contributed by atoms with Gasteiger partial charge in [-0.2, -0.15) is 4.98 Å². The molecule has 0 radical (unpaired) electrons. The Morgan fingerprint density at radius 2 is 2.14 bits per heavy atom. The third kappa shape index (κ3) is 1.60. The Hall–Kier alpha value is -1.07. The van der Waals surface area contributed by atoms with Gasteiger partial charge in [-0.05, 0) is 29.8 Å². The molecule has 0 fully saturated rings. The van der Waals surface area contributed by atoms with E-state index in [1.165, 1.54) is 18.2 Å². The van der Waals surface area contributed by atoms with Crippen molar-refractivity contribution in [2.75, 3.05) is 6.26 Å². The van der Waals surface area contributed by atoms with Gasteiger partial charge in [-0.3, -0.25) is 0 Å². The number of hydrogen-bond donors (Lipinski definition) is 0. The lowest BCUT2D eigenvalue weighted by Gasteiger charge is -1.95. The number of sulfone groups is 1. The van der Waals surface area contributed by atoms with Gasteiger partial charge in [0.25, 0.3) is 5.35 Å². The summed E-state index contributed by atoms with van der Waals surface area (Å²) < 4.78 is 27.4. The summed E-state index contributed by atoms with van der Waals surface area (Å²) in [6.45, 7) is 0. The average Bonchev–Trinajstić information content (AvgIpc) is 2.41. The maximum Gasteiger partial charge on any atom is 0.293 e. The quantitative estimate of drug-likeness (QED) is 0.752. The van der Waals surface area contributed by atoms with Crippen LogP contribution in [0.1, 0.15) is 0 Å². The highest BCUT2D eigenvalue weighted by atomic mass is 35.5. The van der Waals surface area contributed by atoms with E-state index >= 15 is 0 Å². The molecule has 0 saturated heterocycles. The molecule has 6 heteroatoms. The normalized spacial score (nSPS) is 12.1. The third-order valence-corrected chi connectivity index (χ3v) is 3.03. The molecule has 0 aliphatic heterocycles. The van der Waals surface area contributed by atoms with Gasteiger partial charge >= 0.3 is 0 Å². The molecule has 0 aliphatic rings. The molecule has 1 aromatic heterocycles. The first-order valence-electron chi connectivity index (χ1n) is 3.73. The van der Waals surface area contributed by atoms with Crippen LogP contribution >= 0.6 is 11.6 Å². The molecule has 0 saturated carbocycles. The van der Waals surface area contributed by atoms with E-state index in [-0.39, 0.29) is 10.2 Å². The smallest absolute Gasteiger partial charge is 0.293 e. The van der Waals surface area contributed by atoms with E-state index in [4.69, 9.17) is 16.0 Å². The second-order valence-electron chi connectivity index (χ2n) is 2.87. The highest BCUT2D eigenvalue weighted by Crippen LogP contribution is 2.21. The number of hydrogen-bond acceptors (Lipinski definition) is 4. The van der Waals surface area contributed by atoms with Crippen molar-refractivity contribution >= 4 is 32.5 Å². The van der Waals surface area contributed by atoms with Crippen LogP contribution in [0.15, 0.2) is 27.5 Å². The van der Waals surface area contributed by atoms with Gasteiger partial charge in [0.2, 0.25) is 0 Å². The molecular weight excluding hydrogens is 226 g/mol. The van der Waals surface area contributed by atoms with Crippen LogP contribution in [0.2, 0.25) is 5.35 Å². The summed E-state index contributed by atoms with van der Waals surface area (Å²) in [5.74, 6) is 0. The minimum absolute atomic E-state index is 0.00523. The average molecular weight is 232 g/mol. The summed E-state index contributed by atoms with van der Waals surface area (Å²) in [6, 6.07) is 4.42. The first-order valence-corrected chi connectivity index (χ1v) is 6.00. The fraction of sp³-hybridized carbons (Fsp3) is 0.125. The van der Waals surface area contributed by atoms with Crippen LogP contribution in [-0.2, 0) is 9.84 Å². The van der Waals surface area contributed by atoms with E-state index in [9.17, 15) is 8.42 Å². The van der Waals surface area contributed by atoms with Crippen molar-refractivity contribution in [2.45, 2.75) is 4.90 Å². The lowest BCUT2D eigenvalue weighted by Crippen LogP contribution is -1.95. The SMILES string of the molecule is CS(=O)(=O)c1ccc2oc(Cl)nc2c1. The molecule has 74 valence electrons. The van der Waals surface area contributed by atoms with Crippen molar-refractivity contribution in [3.05, 3.63) is 23.5 Å². The molecule has 4 nitrogen and oxygen atoms in total. The molecular formula is C8H6ClNO3S. The topological polar surface area (TPSA) is 60.2 Å². The zero-order valence-corrected chi connectivity index (χ0v) is 8.76. The van der Waals surface area contributed by atoms with Gasteiger partial charge in [0.05, 0.1) is 4.90 Å². The zero-order valence-electron chi connectivity index (χ0n) is 7.19. The molecule has 1 heterocycles. The second-order valence-corrected chi connectivity index (χ2v) is 5.21. The first-order chi connectivity index (χ1) is 6.47. The minimum Gasteiger partial charge on any atom is -0.428 e. The van der Waals surface area contributed by atoms with E-state index < -0.39 is 9.84 Å². The van der Waals surface area contributed by atoms with Crippen LogP contribution in [0.3, 0.4) is 0 Å². The van der Waals surface area contributed by atoms with Crippen molar-refractivity contribution in [1.29, 1.82) is 0 Å². The van der Waals surface area contributed by atoms with Crippen LogP contribution in [-0.4, -0.2) is 19.7 Å². The van der Waals surface area contributed by atoms with Gasteiger partial charge in [-0.15, -0.1) is 0 Å². The Morgan fingerprint density at radius 1 is 1.43 bits per heavy atom. The fourth-order valence-corrected chi connectivity index (χ4v) is 1.92. The Kier molecular flexibility index (Phi) is 2.01. The molecule has 2 rings (SSSR count). The van der Waals surface area contributed by atoms with Crippen LogP contribution in [0.5, 0.6) is 0 Å². The molecule has 0 N–H and O–H groups in total. The molecule has 1 aromatic carbocycles. The van der Waals surface area contributed by atoms with Gasteiger partial charge in [-0.25, -0.2) is 8.42 Å². The van der Waals surface area contributed by atoms with Crippen molar-refractivity contribution in [1.82, 2.24) is 4.98 Å². The fourth-order valence-electron chi connectivity index (χ4n) is 1.11. The number of aromatic nitrogens is 1. The van der Waals surface area contributed by atoms with Gasteiger partial charge in [0.15, 0.2) is 15.4 Å². The molecule has 0 bridgehead atoms. The Labute approximate surface area is 85.4 Å². The van der Waals surface area contributed by atoms with Gasteiger partial charge in [0, 0.05) is 6.26 Å². The number of nitrogens with zero attached hydrogens (tertiary/aromatic N) is 1. The molecule has 14 heavy (non-hydrogen) atoms. The lowest BCUT2D eigenvalue weighted by atomic mass is 10.3. The summed E-state index contributed by atoms with van der Waals surface area (Å²) in [5, 5.41) is 0.00523. The Morgan fingerprint density at radius 3 is 2.79 bits per heavy atom. The van der Waals surface area contributed by atoms with Crippen molar-refractivity contribution in [3.8, 4) is 0 Å².